The van der Waals surface area contributed by atoms with Crippen LogP contribution in [0.2, 0.25) is 0 Å². The van der Waals surface area contributed by atoms with Crippen LogP contribution in [0.4, 0.5) is 8.78 Å². The van der Waals surface area contributed by atoms with Gasteiger partial charge in [-0.15, -0.1) is 0 Å². The molecule has 100 valence electrons. The van der Waals surface area contributed by atoms with Crippen molar-refractivity contribution in [3.05, 3.63) is 0 Å². The quantitative estimate of drug-likeness (QED) is 0.710. The van der Waals surface area contributed by atoms with Crippen LogP contribution < -0.4 is 5.32 Å². The standard InChI is InChI=1S/C9H15F2NO4S/c10-9(11,6-13)5-12-8(14)3-7-1-2-17(15,16)4-7/h7,13H,1-6H2,(H,12,14). The summed E-state index contributed by atoms with van der Waals surface area (Å²) in [6.45, 7) is -2.26. The molecule has 1 heterocycles. The number of halogens is 2. The first-order chi connectivity index (χ1) is 7.74. The Morgan fingerprint density at radius 2 is 2.12 bits per heavy atom. The Morgan fingerprint density at radius 3 is 2.59 bits per heavy atom. The maximum absolute atomic E-state index is 12.6. The second-order valence-corrected chi connectivity index (χ2v) is 6.49. The van der Waals surface area contributed by atoms with Gasteiger partial charge in [0.25, 0.3) is 5.92 Å². The summed E-state index contributed by atoms with van der Waals surface area (Å²) in [5.41, 5.74) is 0. The molecule has 1 aliphatic heterocycles. The minimum absolute atomic E-state index is 0.0533. The molecule has 1 saturated heterocycles. The average Bonchev–Trinajstić information content (AvgIpc) is 2.55. The topological polar surface area (TPSA) is 83.5 Å². The van der Waals surface area contributed by atoms with E-state index in [1.165, 1.54) is 0 Å². The van der Waals surface area contributed by atoms with Gasteiger partial charge < -0.3 is 10.4 Å². The zero-order chi connectivity index (χ0) is 13.1. The summed E-state index contributed by atoms with van der Waals surface area (Å²) >= 11 is 0. The number of aliphatic hydroxyl groups excluding tert-OH is 1. The number of hydrogen-bond donors (Lipinski definition) is 2. The number of rotatable bonds is 5. The number of alkyl halides is 2. The van der Waals surface area contributed by atoms with Crippen molar-refractivity contribution in [2.45, 2.75) is 18.8 Å². The minimum atomic E-state index is -3.34. The van der Waals surface area contributed by atoms with Crippen LogP contribution in [0.15, 0.2) is 0 Å². The molecule has 0 aromatic rings. The molecule has 0 radical (unpaired) electrons. The Balaban J connectivity index is 2.32. The van der Waals surface area contributed by atoms with Gasteiger partial charge in [-0.1, -0.05) is 0 Å². The number of carbonyl (C=O) groups excluding carboxylic acids is 1. The van der Waals surface area contributed by atoms with Crippen LogP contribution >= 0.6 is 0 Å². The molecule has 0 aliphatic carbocycles. The van der Waals surface area contributed by atoms with Gasteiger partial charge in [-0.3, -0.25) is 4.79 Å². The van der Waals surface area contributed by atoms with Crippen molar-refractivity contribution in [3.8, 4) is 0 Å². The van der Waals surface area contributed by atoms with Crippen molar-refractivity contribution in [1.29, 1.82) is 0 Å². The Morgan fingerprint density at radius 1 is 1.47 bits per heavy atom. The summed E-state index contributed by atoms with van der Waals surface area (Å²) in [6.07, 6.45) is 0.326. The maximum atomic E-state index is 12.6. The van der Waals surface area contributed by atoms with E-state index in [2.05, 4.69) is 0 Å². The second kappa shape index (κ2) is 5.26. The van der Waals surface area contributed by atoms with E-state index >= 15 is 0 Å². The van der Waals surface area contributed by atoms with Gasteiger partial charge in [-0.05, 0) is 12.3 Å². The molecule has 17 heavy (non-hydrogen) atoms. The molecule has 5 nitrogen and oxygen atoms in total. The molecule has 0 aromatic heterocycles. The lowest BCUT2D eigenvalue weighted by Crippen LogP contribution is -2.39. The molecule has 0 aromatic carbocycles. The highest BCUT2D eigenvalue weighted by Crippen LogP contribution is 2.21. The van der Waals surface area contributed by atoms with Crippen LogP contribution in [-0.4, -0.2) is 50.0 Å². The van der Waals surface area contributed by atoms with Crippen molar-refractivity contribution in [2.75, 3.05) is 24.7 Å². The smallest absolute Gasteiger partial charge is 0.287 e. The number of nitrogens with one attached hydrogen (secondary N) is 1. The molecule has 2 N–H and O–H groups in total. The zero-order valence-electron chi connectivity index (χ0n) is 9.16. The largest absolute Gasteiger partial charge is 0.390 e. The lowest BCUT2D eigenvalue weighted by Gasteiger charge is -2.14. The highest BCUT2D eigenvalue weighted by atomic mass is 32.2. The molecule has 1 fully saturated rings. The van der Waals surface area contributed by atoms with Crippen molar-refractivity contribution < 1.29 is 27.1 Å². The van der Waals surface area contributed by atoms with Crippen molar-refractivity contribution in [1.82, 2.24) is 5.32 Å². The van der Waals surface area contributed by atoms with Crippen LogP contribution in [0.3, 0.4) is 0 Å². The monoisotopic (exact) mass is 271 g/mol. The molecule has 1 atom stereocenters. The fourth-order valence-electron chi connectivity index (χ4n) is 1.65. The van der Waals surface area contributed by atoms with Gasteiger partial charge in [0.1, 0.15) is 6.61 Å². The van der Waals surface area contributed by atoms with Crippen molar-refractivity contribution in [3.63, 3.8) is 0 Å². The Hall–Kier alpha value is -0.760. The summed E-state index contributed by atoms with van der Waals surface area (Å²) < 4.78 is 47.4. The molecular weight excluding hydrogens is 256 g/mol. The molecule has 1 rings (SSSR count). The van der Waals surface area contributed by atoms with E-state index in [-0.39, 0.29) is 23.8 Å². The highest BCUT2D eigenvalue weighted by Gasteiger charge is 2.31. The van der Waals surface area contributed by atoms with Gasteiger partial charge in [0, 0.05) is 6.42 Å². The van der Waals surface area contributed by atoms with E-state index in [1.807, 2.05) is 5.32 Å². The van der Waals surface area contributed by atoms with Crippen LogP contribution in [-0.2, 0) is 14.6 Å². The average molecular weight is 271 g/mol. The summed E-state index contributed by atoms with van der Waals surface area (Å²) in [5, 5.41) is 10.3. The van der Waals surface area contributed by atoms with Crippen LogP contribution in [0.1, 0.15) is 12.8 Å². The third kappa shape index (κ3) is 4.95. The summed E-state index contributed by atoms with van der Waals surface area (Å²) in [6, 6.07) is 0. The first kappa shape index (κ1) is 14.3. The molecule has 0 saturated carbocycles. The molecule has 0 spiro atoms. The zero-order valence-corrected chi connectivity index (χ0v) is 9.97. The predicted octanol–water partition coefficient (Wildman–Crippen LogP) is -0.445. The lowest BCUT2D eigenvalue weighted by molar-refractivity contribution is -0.124. The number of sulfone groups is 1. The van der Waals surface area contributed by atoms with Gasteiger partial charge in [-0.25, -0.2) is 17.2 Å². The second-order valence-electron chi connectivity index (χ2n) is 4.26. The molecule has 1 amide bonds. The first-order valence-corrected chi connectivity index (χ1v) is 7.02. The molecule has 8 heteroatoms. The van der Waals surface area contributed by atoms with E-state index in [1.54, 1.807) is 0 Å². The number of hydrogen-bond acceptors (Lipinski definition) is 4. The number of amides is 1. The Bertz CT molecular complexity index is 382. The SMILES string of the molecule is O=C(CC1CCS(=O)(=O)C1)NCC(F)(F)CO. The van der Waals surface area contributed by atoms with E-state index < -0.39 is 34.8 Å². The minimum Gasteiger partial charge on any atom is -0.390 e. The van der Waals surface area contributed by atoms with Gasteiger partial charge in [0.15, 0.2) is 9.84 Å². The normalized spacial score (nSPS) is 23.6. The van der Waals surface area contributed by atoms with Crippen LogP contribution in [0, 0.1) is 5.92 Å². The molecule has 1 aliphatic rings. The lowest BCUT2D eigenvalue weighted by atomic mass is 10.1. The fraction of sp³-hybridized carbons (Fsp3) is 0.889. The van der Waals surface area contributed by atoms with Crippen LogP contribution in [0.5, 0.6) is 0 Å². The molecule has 0 bridgehead atoms. The Kier molecular flexibility index (Phi) is 4.42. The van der Waals surface area contributed by atoms with Gasteiger partial charge in [-0.2, -0.15) is 0 Å². The summed E-state index contributed by atoms with van der Waals surface area (Å²) in [7, 11) is -3.06. The van der Waals surface area contributed by atoms with Gasteiger partial charge in [0.2, 0.25) is 5.91 Å². The van der Waals surface area contributed by atoms with E-state index in [4.69, 9.17) is 5.11 Å². The Labute approximate surface area is 98.1 Å². The van der Waals surface area contributed by atoms with E-state index in [0.717, 1.165) is 0 Å². The van der Waals surface area contributed by atoms with Crippen molar-refractivity contribution in [2.24, 2.45) is 5.92 Å². The van der Waals surface area contributed by atoms with Crippen molar-refractivity contribution >= 4 is 15.7 Å². The number of aliphatic hydroxyl groups is 1. The third-order valence-corrected chi connectivity index (χ3v) is 4.41. The highest BCUT2D eigenvalue weighted by molar-refractivity contribution is 7.91. The first-order valence-electron chi connectivity index (χ1n) is 5.20. The predicted molar refractivity (Wildman–Crippen MR) is 56.4 cm³/mol. The molecular formula is C9H15F2NO4S. The van der Waals surface area contributed by atoms with Gasteiger partial charge in [0.05, 0.1) is 18.1 Å². The fourth-order valence-corrected chi connectivity index (χ4v) is 3.51. The maximum Gasteiger partial charge on any atom is 0.287 e. The number of carbonyl (C=O) groups is 1. The van der Waals surface area contributed by atoms with Gasteiger partial charge >= 0.3 is 0 Å². The molecule has 1 unspecified atom stereocenters. The van der Waals surface area contributed by atoms with Crippen LogP contribution in [0.25, 0.3) is 0 Å². The third-order valence-electron chi connectivity index (χ3n) is 2.58. The van der Waals surface area contributed by atoms with E-state index in [9.17, 15) is 22.0 Å². The summed E-state index contributed by atoms with van der Waals surface area (Å²) in [4.78, 5) is 11.3. The van der Waals surface area contributed by atoms with E-state index in [0.29, 0.717) is 6.42 Å². The summed E-state index contributed by atoms with van der Waals surface area (Å²) in [5.74, 6) is -4.24.